The van der Waals surface area contributed by atoms with Gasteiger partial charge in [0.15, 0.2) is 0 Å². The molecule has 28 heavy (non-hydrogen) atoms. The molecule has 0 aliphatic heterocycles. The van der Waals surface area contributed by atoms with Crippen LogP contribution in [0.3, 0.4) is 0 Å². The van der Waals surface area contributed by atoms with Crippen LogP contribution in [-0.2, 0) is 9.59 Å². The van der Waals surface area contributed by atoms with Gasteiger partial charge in [-0.2, -0.15) is 0 Å². The highest BCUT2D eigenvalue weighted by Gasteiger charge is 2.12. The highest BCUT2D eigenvalue weighted by molar-refractivity contribution is 8.76. The van der Waals surface area contributed by atoms with Gasteiger partial charge in [-0.25, -0.2) is 0 Å². The van der Waals surface area contributed by atoms with Crippen LogP contribution in [0, 0.1) is 0 Å². The Morgan fingerprint density at radius 1 is 0.714 bits per heavy atom. The van der Waals surface area contributed by atoms with Crippen molar-refractivity contribution in [2.75, 3.05) is 12.0 Å². The molecule has 0 bridgehead atoms. The minimum atomic E-state index is -0.670. The van der Waals surface area contributed by atoms with Crippen LogP contribution in [0.1, 0.15) is 109 Å². The predicted molar refractivity (Wildman–Crippen MR) is 125 cm³/mol. The molecule has 166 valence electrons. The Bertz CT molecular complexity index is 381. The molecule has 0 aromatic heterocycles. The van der Waals surface area contributed by atoms with Crippen molar-refractivity contribution in [2.45, 2.75) is 115 Å². The van der Waals surface area contributed by atoms with Crippen LogP contribution in [0.25, 0.3) is 0 Å². The third kappa shape index (κ3) is 20.5. The van der Waals surface area contributed by atoms with Crippen molar-refractivity contribution >= 4 is 33.3 Å². The van der Waals surface area contributed by atoms with Gasteiger partial charge in [0.2, 0.25) is 0 Å². The molecular weight excluding hydrogens is 390 g/mol. The topological polar surface area (TPSA) is 80.4 Å². The summed E-state index contributed by atoms with van der Waals surface area (Å²) in [6.45, 7) is 0. The van der Waals surface area contributed by atoms with E-state index >= 15 is 0 Å². The fraction of sp³-hybridized carbons (Fsp3) is 0.909. The fourth-order valence-electron chi connectivity index (χ4n) is 3.29. The second-order valence-corrected chi connectivity index (χ2v) is 10.3. The van der Waals surface area contributed by atoms with Crippen molar-refractivity contribution in [1.29, 1.82) is 0 Å². The lowest BCUT2D eigenvalue weighted by Gasteiger charge is -2.08. The molecule has 1 atom stereocenters. The first-order valence-corrected chi connectivity index (χ1v) is 14.0. The molecule has 0 radical (unpaired) electrons. The summed E-state index contributed by atoms with van der Waals surface area (Å²) in [5, 5.41) is 8.57. The normalized spacial score (nSPS) is 12.2. The third-order valence-electron chi connectivity index (χ3n) is 5.09. The third-order valence-corrected chi connectivity index (χ3v) is 6.94. The Kier molecular flexibility index (Phi) is 21.4. The van der Waals surface area contributed by atoms with Crippen molar-refractivity contribution in [3.8, 4) is 0 Å². The number of rotatable bonds is 22. The molecule has 0 rings (SSSR count). The minimum Gasteiger partial charge on any atom is -0.481 e. The van der Waals surface area contributed by atoms with E-state index in [0.29, 0.717) is 12.8 Å². The minimum absolute atomic E-state index is 0.224. The highest BCUT2D eigenvalue weighted by atomic mass is 33.1. The first-order valence-electron chi connectivity index (χ1n) is 11.2. The van der Waals surface area contributed by atoms with Gasteiger partial charge in [-0.05, 0) is 19.1 Å². The van der Waals surface area contributed by atoms with E-state index in [1.807, 2.05) is 6.26 Å². The predicted octanol–water partition coefficient (Wildman–Crippen LogP) is 6.61. The van der Waals surface area contributed by atoms with Gasteiger partial charge >= 0.3 is 5.97 Å². The number of carboxylic acid groups (broad SMARTS) is 1. The highest BCUT2D eigenvalue weighted by Crippen LogP contribution is 2.18. The average molecular weight is 434 g/mol. The SMILES string of the molecule is CSSCC(N)C(=O)CCCCCCCCCCCCCCCCCC(=O)O. The summed E-state index contributed by atoms with van der Waals surface area (Å²) in [6, 6.07) is -0.283. The Morgan fingerprint density at radius 2 is 1.07 bits per heavy atom. The molecule has 0 fully saturated rings. The molecule has 4 nitrogen and oxygen atoms in total. The van der Waals surface area contributed by atoms with Crippen LogP contribution >= 0.6 is 21.6 Å². The number of nitrogens with two attached hydrogens (primary N) is 1. The molecule has 0 aliphatic rings. The standard InChI is InChI=1S/C22H43NO3S2/c1-27-28-19-20(23)21(24)17-15-13-11-9-7-5-3-2-4-6-8-10-12-14-16-18-22(25)26/h20H,2-19,23H2,1H3,(H,25,26). The Balaban J connectivity index is 3.18. The second-order valence-electron chi connectivity index (χ2n) is 7.72. The summed E-state index contributed by atoms with van der Waals surface area (Å²) >= 11 is 0. The zero-order chi connectivity index (χ0) is 20.9. The van der Waals surface area contributed by atoms with Crippen molar-refractivity contribution < 1.29 is 14.7 Å². The molecule has 0 aromatic carbocycles. The molecule has 0 aliphatic carbocycles. The number of carbonyl (C=O) groups is 2. The number of unbranched alkanes of at least 4 members (excludes halogenated alkanes) is 14. The maximum absolute atomic E-state index is 11.9. The summed E-state index contributed by atoms with van der Waals surface area (Å²) < 4.78 is 0. The van der Waals surface area contributed by atoms with Gasteiger partial charge in [-0.1, -0.05) is 105 Å². The van der Waals surface area contributed by atoms with Crippen LogP contribution in [0.5, 0.6) is 0 Å². The number of carboxylic acids is 1. The van der Waals surface area contributed by atoms with Crippen LogP contribution in [0.15, 0.2) is 0 Å². The Labute approximate surface area is 181 Å². The van der Waals surface area contributed by atoms with Crippen molar-refractivity contribution in [3.63, 3.8) is 0 Å². The van der Waals surface area contributed by atoms with Gasteiger partial charge in [0.05, 0.1) is 6.04 Å². The quantitative estimate of drug-likeness (QED) is 0.148. The van der Waals surface area contributed by atoms with Crippen LogP contribution < -0.4 is 5.73 Å². The molecule has 6 heteroatoms. The summed E-state index contributed by atoms with van der Waals surface area (Å²) in [5.74, 6) is 0.283. The number of hydrogen-bond acceptors (Lipinski definition) is 5. The number of carbonyl (C=O) groups excluding carboxylic acids is 1. The van der Waals surface area contributed by atoms with E-state index in [4.69, 9.17) is 10.8 Å². The van der Waals surface area contributed by atoms with E-state index < -0.39 is 5.97 Å². The molecule has 1 unspecified atom stereocenters. The lowest BCUT2D eigenvalue weighted by Crippen LogP contribution is -2.32. The number of Topliss-reactive ketones (excluding diaryl/α,β-unsaturated/α-hetero) is 1. The van der Waals surface area contributed by atoms with Gasteiger partial charge in [-0.3, -0.25) is 9.59 Å². The zero-order valence-corrected chi connectivity index (χ0v) is 19.6. The molecule has 0 aromatic rings. The Morgan fingerprint density at radius 3 is 1.43 bits per heavy atom. The second kappa shape index (κ2) is 21.5. The van der Waals surface area contributed by atoms with Crippen molar-refractivity contribution in [1.82, 2.24) is 0 Å². The number of ketones is 1. The Hall–Kier alpha value is -0.200. The van der Waals surface area contributed by atoms with Crippen molar-refractivity contribution in [2.24, 2.45) is 5.73 Å². The van der Waals surface area contributed by atoms with Gasteiger partial charge in [0.25, 0.3) is 0 Å². The van der Waals surface area contributed by atoms with Gasteiger partial charge in [0, 0.05) is 18.6 Å². The largest absolute Gasteiger partial charge is 0.481 e. The average Bonchev–Trinajstić information content (AvgIpc) is 2.67. The van der Waals surface area contributed by atoms with Crippen molar-refractivity contribution in [3.05, 3.63) is 0 Å². The van der Waals surface area contributed by atoms with E-state index in [-0.39, 0.29) is 11.8 Å². The first-order chi connectivity index (χ1) is 13.6. The molecule has 0 heterocycles. The van der Waals surface area contributed by atoms with Crippen LogP contribution in [0.2, 0.25) is 0 Å². The summed E-state index contributed by atoms with van der Waals surface area (Å²) in [6.07, 6.45) is 21.3. The van der Waals surface area contributed by atoms with Gasteiger partial charge < -0.3 is 10.8 Å². The maximum Gasteiger partial charge on any atom is 0.303 e. The van der Waals surface area contributed by atoms with E-state index in [1.165, 1.54) is 70.6 Å². The molecule has 0 amide bonds. The van der Waals surface area contributed by atoms with Gasteiger partial charge in [0.1, 0.15) is 5.78 Å². The monoisotopic (exact) mass is 433 g/mol. The smallest absolute Gasteiger partial charge is 0.303 e. The first kappa shape index (κ1) is 27.8. The van der Waals surface area contributed by atoms with Crippen LogP contribution in [0.4, 0.5) is 0 Å². The number of hydrogen-bond donors (Lipinski definition) is 2. The van der Waals surface area contributed by atoms with Crippen LogP contribution in [-0.4, -0.2) is 34.9 Å². The van der Waals surface area contributed by atoms with E-state index in [1.54, 1.807) is 21.6 Å². The summed E-state index contributed by atoms with van der Waals surface area (Å²) in [4.78, 5) is 22.3. The maximum atomic E-state index is 11.9. The molecule has 0 saturated heterocycles. The molecule has 0 saturated carbocycles. The summed E-state index contributed by atoms with van der Waals surface area (Å²) in [7, 11) is 3.33. The van der Waals surface area contributed by atoms with Gasteiger partial charge in [-0.15, -0.1) is 0 Å². The molecular formula is C22H43NO3S2. The zero-order valence-electron chi connectivity index (χ0n) is 18.0. The molecule has 3 N–H and O–H groups in total. The lowest BCUT2D eigenvalue weighted by molar-refractivity contribution is -0.137. The number of aliphatic carboxylic acids is 1. The fourth-order valence-corrected chi connectivity index (χ4v) is 4.61. The lowest BCUT2D eigenvalue weighted by atomic mass is 10.0. The van der Waals surface area contributed by atoms with E-state index in [0.717, 1.165) is 31.4 Å². The van der Waals surface area contributed by atoms with E-state index in [9.17, 15) is 9.59 Å². The molecule has 0 spiro atoms. The summed E-state index contributed by atoms with van der Waals surface area (Å²) in [5.41, 5.74) is 5.88. The van der Waals surface area contributed by atoms with E-state index in [2.05, 4.69) is 0 Å².